The molecule has 0 radical (unpaired) electrons. The third-order valence-corrected chi connectivity index (χ3v) is 3.25. The molecule has 5 N–H and O–H groups in total. The smallest absolute Gasteiger partial charge is 0.183 e. The Bertz CT molecular complexity index is 427. The summed E-state index contributed by atoms with van der Waals surface area (Å²) < 4.78 is 4.92. The standard InChI is InChI=1S/C13H19NO5/c1-7-3-2-4-8(5-7)14-10-11(16)9(6-15)19-13(18)12(10)17/h2-5,9-18H,6H2,1H3/t9-,10-,11+,12-,13-/m1/s1. The maximum atomic E-state index is 10.0. The molecule has 1 saturated heterocycles. The lowest BCUT2D eigenvalue weighted by atomic mass is 9.96. The fraction of sp³-hybridized carbons (Fsp3) is 0.538. The molecule has 6 nitrogen and oxygen atoms in total. The van der Waals surface area contributed by atoms with Gasteiger partial charge in [0.25, 0.3) is 0 Å². The highest BCUT2D eigenvalue weighted by Gasteiger charge is 2.43. The van der Waals surface area contributed by atoms with Crippen molar-refractivity contribution < 1.29 is 25.2 Å². The predicted molar refractivity (Wildman–Crippen MR) is 68.6 cm³/mol. The van der Waals surface area contributed by atoms with Crippen LogP contribution < -0.4 is 5.32 Å². The van der Waals surface area contributed by atoms with Gasteiger partial charge >= 0.3 is 0 Å². The number of benzene rings is 1. The van der Waals surface area contributed by atoms with E-state index in [1.165, 1.54) is 0 Å². The average Bonchev–Trinajstić information content (AvgIpc) is 2.39. The summed E-state index contributed by atoms with van der Waals surface area (Å²) in [4.78, 5) is 0. The molecule has 0 bridgehead atoms. The Hall–Kier alpha value is -1.18. The van der Waals surface area contributed by atoms with E-state index >= 15 is 0 Å². The zero-order chi connectivity index (χ0) is 14.0. The van der Waals surface area contributed by atoms with Gasteiger partial charge in [0, 0.05) is 5.69 Å². The van der Waals surface area contributed by atoms with Gasteiger partial charge in [-0.15, -0.1) is 0 Å². The average molecular weight is 269 g/mol. The summed E-state index contributed by atoms with van der Waals surface area (Å²) in [6.07, 6.45) is -4.77. The number of aliphatic hydroxyl groups is 4. The van der Waals surface area contributed by atoms with Crippen LogP contribution in [0.1, 0.15) is 5.56 Å². The van der Waals surface area contributed by atoms with Crippen LogP contribution in [-0.4, -0.2) is 57.7 Å². The first kappa shape index (κ1) is 14.2. The monoisotopic (exact) mass is 269 g/mol. The lowest BCUT2D eigenvalue weighted by Crippen LogP contribution is -2.61. The molecule has 1 heterocycles. The van der Waals surface area contributed by atoms with Gasteiger partial charge in [0.2, 0.25) is 0 Å². The summed E-state index contributed by atoms with van der Waals surface area (Å²) >= 11 is 0. The number of hydrogen-bond donors (Lipinski definition) is 5. The van der Waals surface area contributed by atoms with E-state index in [9.17, 15) is 15.3 Å². The van der Waals surface area contributed by atoms with Gasteiger partial charge in [-0.3, -0.25) is 0 Å². The molecule has 0 saturated carbocycles. The highest BCUT2D eigenvalue weighted by Crippen LogP contribution is 2.23. The second-order valence-electron chi connectivity index (χ2n) is 4.77. The fourth-order valence-corrected chi connectivity index (χ4v) is 2.20. The van der Waals surface area contributed by atoms with Crippen LogP contribution in [0.25, 0.3) is 0 Å². The zero-order valence-electron chi connectivity index (χ0n) is 10.6. The fourth-order valence-electron chi connectivity index (χ4n) is 2.20. The molecule has 1 aliphatic rings. The van der Waals surface area contributed by atoms with Crippen LogP contribution in [0.4, 0.5) is 5.69 Å². The summed E-state index contributed by atoms with van der Waals surface area (Å²) in [6.45, 7) is 1.49. The van der Waals surface area contributed by atoms with Gasteiger partial charge in [0.15, 0.2) is 6.29 Å². The van der Waals surface area contributed by atoms with E-state index in [0.717, 1.165) is 5.56 Å². The van der Waals surface area contributed by atoms with Crippen molar-refractivity contribution >= 4 is 5.69 Å². The SMILES string of the molecule is Cc1cccc(N[C@H]2[C@@H](O)[C@H](O)O[C@H](CO)[C@@H]2O)c1. The first-order chi connectivity index (χ1) is 9.02. The van der Waals surface area contributed by atoms with E-state index in [0.29, 0.717) is 5.69 Å². The van der Waals surface area contributed by atoms with Crippen molar-refractivity contribution in [3.8, 4) is 0 Å². The van der Waals surface area contributed by atoms with Crippen LogP contribution >= 0.6 is 0 Å². The first-order valence-electron chi connectivity index (χ1n) is 6.16. The number of hydrogen-bond acceptors (Lipinski definition) is 6. The molecule has 0 spiro atoms. The van der Waals surface area contributed by atoms with Gasteiger partial charge in [0.1, 0.15) is 18.3 Å². The van der Waals surface area contributed by atoms with Crippen LogP contribution in [0.15, 0.2) is 24.3 Å². The van der Waals surface area contributed by atoms with E-state index in [1.807, 2.05) is 25.1 Å². The molecular weight excluding hydrogens is 250 g/mol. The molecule has 1 aromatic rings. The quantitative estimate of drug-likeness (QED) is 0.493. The lowest BCUT2D eigenvalue weighted by molar-refractivity contribution is -0.255. The summed E-state index contributed by atoms with van der Waals surface area (Å²) in [6, 6.07) is 6.60. The van der Waals surface area contributed by atoms with E-state index in [-0.39, 0.29) is 0 Å². The zero-order valence-corrected chi connectivity index (χ0v) is 10.6. The molecule has 5 atom stereocenters. The van der Waals surface area contributed by atoms with Gasteiger partial charge in [0.05, 0.1) is 12.6 Å². The molecule has 0 unspecified atom stereocenters. The van der Waals surface area contributed by atoms with Crippen molar-refractivity contribution in [1.29, 1.82) is 0 Å². The van der Waals surface area contributed by atoms with Gasteiger partial charge < -0.3 is 30.5 Å². The minimum atomic E-state index is -1.44. The molecule has 6 heteroatoms. The molecule has 0 amide bonds. The minimum Gasteiger partial charge on any atom is -0.394 e. The summed E-state index contributed by atoms with van der Waals surface area (Å²) in [5.41, 5.74) is 1.74. The third-order valence-electron chi connectivity index (χ3n) is 3.25. The van der Waals surface area contributed by atoms with Crippen LogP contribution in [-0.2, 0) is 4.74 Å². The van der Waals surface area contributed by atoms with Crippen molar-refractivity contribution in [3.05, 3.63) is 29.8 Å². The van der Waals surface area contributed by atoms with E-state index < -0.39 is 37.3 Å². The number of nitrogens with one attached hydrogen (secondary N) is 1. The number of aliphatic hydroxyl groups excluding tert-OH is 4. The summed E-state index contributed by atoms with van der Waals surface area (Å²) in [5.74, 6) is 0. The molecule has 0 aliphatic carbocycles. The summed E-state index contributed by atoms with van der Waals surface area (Å²) in [7, 11) is 0. The second kappa shape index (κ2) is 5.85. The van der Waals surface area contributed by atoms with Crippen LogP contribution in [0.5, 0.6) is 0 Å². The maximum absolute atomic E-state index is 10.0. The Morgan fingerprint density at radius 3 is 2.58 bits per heavy atom. The number of rotatable bonds is 3. The normalized spacial score (nSPS) is 35.1. The molecule has 106 valence electrons. The maximum Gasteiger partial charge on any atom is 0.183 e. The van der Waals surface area contributed by atoms with Crippen LogP contribution in [0.3, 0.4) is 0 Å². The molecule has 1 fully saturated rings. The Morgan fingerprint density at radius 2 is 1.95 bits per heavy atom. The van der Waals surface area contributed by atoms with Gasteiger partial charge in [-0.2, -0.15) is 0 Å². The molecule has 1 aliphatic heterocycles. The van der Waals surface area contributed by atoms with Crippen molar-refractivity contribution in [2.45, 2.75) is 37.6 Å². The number of anilines is 1. The molecule has 2 rings (SSSR count). The molecule has 1 aromatic carbocycles. The van der Waals surface area contributed by atoms with Crippen molar-refractivity contribution in [3.63, 3.8) is 0 Å². The first-order valence-corrected chi connectivity index (χ1v) is 6.16. The predicted octanol–water partition coefficient (Wildman–Crippen LogP) is -0.793. The minimum absolute atomic E-state index is 0.434. The highest BCUT2D eigenvalue weighted by molar-refractivity contribution is 5.47. The lowest BCUT2D eigenvalue weighted by Gasteiger charge is -2.41. The summed E-state index contributed by atoms with van der Waals surface area (Å²) in [5, 5.41) is 41.5. The van der Waals surface area contributed by atoms with Crippen LogP contribution in [0.2, 0.25) is 0 Å². The number of ether oxygens (including phenoxy) is 1. The van der Waals surface area contributed by atoms with Gasteiger partial charge in [-0.05, 0) is 24.6 Å². The topological polar surface area (TPSA) is 102 Å². The van der Waals surface area contributed by atoms with Crippen LogP contribution in [0, 0.1) is 6.92 Å². The largest absolute Gasteiger partial charge is 0.394 e. The Morgan fingerprint density at radius 1 is 1.21 bits per heavy atom. The third kappa shape index (κ3) is 3.05. The van der Waals surface area contributed by atoms with E-state index in [2.05, 4.69) is 5.32 Å². The molecular formula is C13H19NO5. The van der Waals surface area contributed by atoms with Crippen molar-refractivity contribution in [1.82, 2.24) is 0 Å². The molecule has 0 aromatic heterocycles. The second-order valence-corrected chi connectivity index (χ2v) is 4.77. The Labute approximate surface area is 111 Å². The van der Waals surface area contributed by atoms with Crippen molar-refractivity contribution in [2.24, 2.45) is 0 Å². The van der Waals surface area contributed by atoms with Gasteiger partial charge in [-0.25, -0.2) is 0 Å². The van der Waals surface area contributed by atoms with Gasteiger partial charge in [-0.1, -0.05) is 12.1 Å². The Kier molecular flexibility index (Phi) is 4.38. The van der Waals surface area contributed by atoms with E-state index in [4.69, 9.17) is 9.84 Å². The van der Waals surface area contributed by atoms with E-state index in [1.54, 1.807) is 6.07 Å². The molecule has 19 heavy (non-hydrogen) atoms. The highest BCUT2D eigenvalue weighted by atomic mass is 16.6. The van der Waals surface area contributed by atoms with Crippen molar-refractivity contribution in [2.75, 3.05) is 11.9 Å². The number of aryl methyl sites for hydroxylation is 1. The Balaban J connectivity index is 2.16.